The Labute approximate surface area is 135 Å². The number of fused-ring (bicyclic) bond motifs is 1. The Hall–Kier alpha value is -2.44. The second-order valence-corrected chi connectivity index (χ2v) is 5.73. The third kappa shape index (κ3) is 2.91. The van der Waals surface area contributed by atoms with Crippen molar-refractivity contribution in [3.05, 3.63) is 35.0 Å². The Morgan fingerprint density at radius 1 is 1.17 bits per heavy atom. The fourth-order valence-corrected chi connectivity index (χ4v) is 2.78. The molecule has 1 N–H and O–H groups in total. The van der Waals surface area contributed by atoms with E-state index in [4.69, 9.17) is 0 Å². The Kier molecular flexibility index (Phi) is 4.27. The van der Waals surface area contributed by atoms with Crippen molar-refractivity contribution in [3.8, 4) is 0 Å². The normalized spacial score (nSPS) is 11.3. The van der Waals surface area contributed by atoms with Crippen molar-refractivity contribution in [2.45, 2.75) is 53.6 Å². The summed E-state index contributed by atoms with van der Waals surface area (Å²) >= 11 is 0. The van der Waals surface area contributed by atoms with Gasteiger partial charge >= 0.3 is 0 Å². The monoisotopic (exact) mass is 313 g/mol. The molecule has 3 heterocycles. The van der Waals surface area contributed by atoms with Gasteiger partial charge in [0.1, 0.15) is 6.33 Å². The number of aryl methyl sites for hydroxylation is 3. The SMILES string of the molecule is CCCn1nc(C)c(CNc2cc(CC)nn3cnnc23)c1C. The molecule has 3 aromatic rings. The molecule has 3 rings (SSSR count). The second-order valence-electron chi connectivity index (χ2n) is 5.73. The van der Waals surface area contributed by atoms with Gasteiger partial charge in [0, 0.05) is 24.3 Å². The summed E-state index contributed by atoms with van der Waals surface area (Å²) in [6.45, 7) is 10.1. The largest absolute Gasteiger partial charge is 0.378 e. The van der Waals surface area contributed by atoms with Crippen LogP contribution in [0.1, 0.15) is 42.9 Å². The molecule has 122 valence electrons. The summed E-state index contributed by atoms with van der Waals surface area (Å²) in [6, 6.07) is 2.05. The van der Waals surface area contributed by atoms with E-state index in [1.807, 2.05) is 6.07 Å². The van der Waals surface area contributed by atoms with Gasteiger partial charge in [0.15, 0.2) is 0 Å². The maximum absolute atomic E-state index is 4.63. The lowest BCUT2D eigenvalue weighted by atomic mass is 10.2. The van der Waals surface area contributed by atoms with Gasteiger partial charge < -0.3 is 5.32 Å². The first-order valence-electron chi connectivity index (χ1n) is 8.10. The zero-order valence-electron chi connectivity index (χ0n) is 14.2. The van der Waals surface area contributed by atoms with Crippen LogP contribution in [0.25, 0.3) is 5.65 Å². The first-order chi connectivity index (χ1) is 11.1. The fourth-order valence-electron chi connectivity index (χ4n) is 2.78. The molecule has 0 aromatic carbocycles. The highest BCUT2D eigenvalue weighted by atomic mass is 15.3. The Morgan fingerprint density at radius 3 is 2.74 bits per heavy atom. The summed E-state index contributed by atoms with van der Waals surface area (Å²) in [6.07, 6.45) is 3.59. The molecule has 0 unspecified atom stereocenters. The Morgan fingerprint density at radius 2 is 2.00 bits per heavy atom. The maximum atomic E-state index is 4.63. The molecule has 7 nitrogen and oxygen atoms in total. The lowest BCUT2D eigenvalue weighted by molar-refractivity contribution is 0.582. The molecule has 0 saturated heterocycles. The molecule has 0 aliphatic carbocycles. The van der Waals surface area contributed by atoms with Crippen LogP contribution >= 0.6 is 0 Å². The Balaban J connectivity index is 1.88. The van der Waals surface area contributed by atoms with Gasteiger partial charge in [-0.15, -0.1) is 10.2 Å². The van der Waals surface area contributed by atoms with Gasteiger partial charge in [-0.3, -0.25) is 4.68 Å². The highest BCUT2D eigenvalue weighted by Gasteiger charge is 2.13. The minimum atomic E-state index is 0.719. The van der Waals surface area contributed by atoms with Crippen LogP contribution in [0.5, 0.6) is 0 Å². The van der Waals surface area contributed by atoms with Gasteiger partial charge in [-0.05, 0) is 32.8 Å². The van der Waals surface area contributed by atoms with Crippen molar-refractivity contribution < 1.29 is 0 Å². The van der Waals surface area contributed by atoms with Crippen molar-refractivity contribution >= 4 is 11.3 Å². The van der Waals surface area contributed by atoms with Gasteiger partial charge in [-0.2, -0.15) is 14.7 Å². The van der Waals surface area contributed by atoms with Crippen LogP contribution in [0, 0.1) is 13.8 Å². The van der Waals surface area contributed by atoms with Crippen molar-refractivity contribution in [1.29, 1.82) is 0 Å². The van der Waals surface area contributed by atoms with Gasteiger partial charge in [-0.1, -0.05) is 13.8 Å². The van der Waals surface area contributed by atoms with E-state index in [9.17, 15) is 0 Å². The van der Waals surface area contributed by atoms with E-state index in [2.05, 4.69) is 58.1 Å². The summed E-state index contributed by atoms with van der Waals surface area (Å²) in [5.74, 6) is 0. The molecule has 0 aliphatic rings. The number of nitrogens with zero attached hydrogens (tertiary/aromatic N) is 6. The van der Waals surface area contributed by atoms with Crippen LogP contribution in [0.15, 0.2) is 12.4 Å². The van der Waals surface area contributed by atoms with E-state index in [-0.39, 0.29) is 0 Å². The van der Waals surface area contributed by atoms with E-state index in [1.165, 1.54) is 11.3 Å². The highest BCUT2D eigenvalue weighted by Crippen LogP contribution is 2.19. The average Bonchev–Trinajstić information content (AvgIpc) is 3.11. The number of hydrogen-bond donors (Lipinski definition) is 1. The minimum Gasteiger partial charge on any atom is -0.378 e. The zero-order chi connectivity index (χ0) is 16.4. The van der Waals surface area contributed by atoms with Crippen molar-refractivity contribution in [3.63, 3.8) is 0 Å². The second kappa shape index (κ2) is 6.36. The molecular formula is C16H23N7. The highest BCUT2D eigenvalue weighted by molar-refractivity contribution is 5.66. The number of aromatic nitrogens is 6. The molecule has 0 fully saturated rings. The van der Waals surface area contributed by atoms with Crippen molar-refractivity contribution in [1.82, 2.24) is 29.6 Å². The van der Waals surface area contributed by atoms with Crippen LogP contribution < -0.4 is 5.32 Å². The molecule has 0 radical (unpaired) electrons. The summed E-state index contributed by atoms with van der Waals surface area (Å²) in [5.41, 5.74) is 6.25. The lowest BCUT2D eigenvalue weighted by Crippen LogP contribution is -2.07. The molecule has 0 atom stereocenters. The van der Waals surface area contributed by atoms with Gasteiger partial charge in [0.25, 0.3) is 0 Å². The van der Waals surface area contributed by atoms with E-state index in [0.717, 1.165) is 48.7 Å². The quantitative estimate of drug-likeness (QED) is 0.757. The standard InChI is InChI=1S/C16H23N7/c1-5-7-22-12(4)14(11(3)20-22)9-17-15-8-13(6-2)21-23-10-18-19-16(15)23/h8,10,17H,5-7,9H2,1-4H3. The molecule has 0 amide bonds. The molecule has 7 heteroatoms. The third-order valence-corrected chi connectivity index (χ3v) is 4.10. The maximum Gasteiger partial charge on any atom is 0.200 e. The van der Waals surface area contributed by atoms with Gasteiger partial charge in [-0.25, -0.2) is 0 Å². The van der Waals surface area contributed by atoms with Gasteiger partial charge in [0.2, 0.25) is 5.65 Å². The van der Waals surface area contributed by atoms with Crippen LogP contribution in [-0.4, -0.2) is 29.6 Å². The molecule has 0 aliphatic heterocycles. The van der Waals surface area contributed by atoms with Crippen LogP contribution in [0.2, 0.25) is 0 Å². The van der Waals surface area contributed by atoms with Gasteiger partial charge in [0.05, 0.1) is 17.1 Å². The van der Waals surface area contributed by atoms with Crippen LogP contribution in [-0.2, 0) is 19.5 Å². The fraction of sp³-hybridized carbons (Fsp3) is 0.500. The number of nitrogens with one attached hydrogen (secondary N) is 1. The van der Waals surface area contributed by atoms with E-state index in [0.29, 0.717) is 0 Å². The first kappa shape index (κ1) is 15.5. The van der Waals surface area contributed by atoms with Crippen molar-refractivity contribution in [2.24, 2.45) is 0 Å². The summed E-state index contributed by atoms with van der Waals surface area (Å²) in [4.78, 5) is 0. The van der Waals surface area contributed by atoms with E-state index >= 15 is 0 Å². The van der Waals surface area contributed by atoms with Crippen molar-refractivity contribution in [2.75, 3.05) is 5.32 Å². The molecule has 0 saturated carbocycles. The predicted octanol–water partition coefficient (Wildman–Crippen LogP) is 2.52. The number of rotatable bonds is 6. The third-order valence-electron chi connectivity index (χ3n) is 4.10. The summed E-state index contributed by atoms with van der Waals surface area (Å²) in [7, 11) is 0. The molecule has 3 aromatic heterocycles. The Bertz CT molecular complexity index is 815. The first-order valence-corrected chi connectivity index (χ1v) is 8.10. The molecular weight excluding hydrogens is 290 g/mol. The average molecular weight is 313 g/mol. The van der Waals surface area contributed by atoms with E-state index in [1.54, 1.807) is 10.8 Å². The van der Waals surface area contributed by atoms with Crippen LogP contribution in [0.3, 0.4) is 0 Å². The number of anilines is 1. The summed E-state index contributed by atoms with van der Waals surface area (Å²) in [5, 5.41) is 20.7. The molecule has 23 heavy (non-hydrogen) atoms. The van der Waals surface area contributed by atoms with Crippen LogP contribution in [0.4, 0.5) is 5.69 Å². The molecule has 0 bridgehead atoms. The van der Waals surface area contributed by atoms with E-state index < -0.39 is 0 Å². The predicted molar refractivity (Wildman–Crippen MR) is 89.5 cm³/mol. The molecule has 0 spiro atoms. The lowest BCUT2D eigenvalue weighted by Gasteiger charge is -2.09. The summed E-state index contributed by atoms with van der Waals surface area (Å²) < 4.78 is 3.81. The zero-order valence-corrected chi connectivity index (χ0v) is 14.2. The minimum absolute atomic E-state index is 0.719. The number of hydrogen-bond acceptors (Lipinski definition) is 5. The topological polar surface area (TPSA) is 72.9 Å². The smallest absolute Gasteiger partial charge is 0.200 e.